The number of rotatable bonds is 8. The SMILES string of the molecule is O=PCC1OC(n2cc(/C=C/CNC(=O)Cc3cnc[nH]3)c(=O)[nH]c2=O)CC1O. The van der Waals surface area contributed by atoms with E-state index < -0.39 is 29.7 Å². The highest BCUT2D eigenvalue weighted by Gasteiger charge is 2.35. The normalized spacial score (nSPS) is 21.8. The standard InChI is InChI=1S/C17H20N5O6P/c23-12-5-15(28-13(12)8-29-27)22-7-10(16(25)21-17(22)26)2-1-3-19-14(24)4-11-6-18-9-20-11/h1-2,6-7,9,12-13,15,23H,3-5,8H2,(H,18,20)(H,19,24)(H,21,25,26)/b2-1+. The van der Waals surface area contributed by atoms with Crippen LogP contribution in [0.15, 0.2) is 34.4 Å². The molecule has 0 bridgehead atoms. The number of aliphatic hydroxyl groups is 1. The summed E-state index contributed by atoms with van der Waals surface area (Å²) in [7, 11) is -0.164. The average molecular weight is 421 g/mol. The Morgan fingerprint density at radius 3 is 3.03 bits per heavy atom. The molecule has 1 aliphatic heterocycles. The van der Waals surface area contributed by atoms with Gasteiger partial charge in [-0.2, -0.15) is 0 Å². The molecule has 3 rings (SSSR count). The minimum Gasteiger partial charge on any atom is -0.390 e. The van der Waals surface area contributed by atoms with E-state index in [1.807, 2.05) is 0 Å². The predicted octanol–water partition coefficient (Wildman–Crippen LogP) is -0.428. The summed E-state index contributed by atoms with van der Waals surface area (Å²) >= 11 is 0. The molecule has 3 unspecified atom stereocenters. The van der Waals surface area contributed by atoms with E-state index in [1.54, 1.807) is 12.3 Å². The van der Waals surface area contributed by atoms with Crippen LogP contribution in [0.2, 0.25) is 0 Å². The number of imidazole rings is 1. The Morgan fingerprint density at radius 1 is 1.48 bits per heavy atom. The maximum Gasteiger partial charge on any atom is 0.330 e. The molecule has 0 spiro atoms. The summed E-state index contributed by atoms with van der Waals surface area (Å²) in [6.45, 7) is 0.189. The van der Waals surface area contributed by atoms with E-state index in [9.17, 15) is 24.1 Å². The molecule has 1 fully saturated rings. The summed E-state index contributed by atoms with van der Waals surface area (Å²) in [5.74, 6) is -0.213. The van der Waals surface area contributed by atoms with Gasteiger partial charge in [0.15, 0.2) is 8.46 Å². The molecule has 0 radical (unpaired) electrons. The number of hydrogen-bond acceptors (Lipinski definition) is 7. The van der Waals surface area contributed by atoms with Crippen LogP contribution in [0.1, 0.15) is 23.9 Å². The second kappa shape index (κ2) is 9.55. The quantitative estimate of drug-likeness (QED) is 0.421. The van der Waals surface area contributed by atoms with Gasteiger partial charge in [0.2, 0.25) is 5.91 Å². The van der Waals surface area contributed by atoms with Crippen LogP contribution in [0.3, 0.4) is 0 Å². The van der Waals surface area contributed by atoms with Crippen LogP contribution < -0.4 is 16.6 Å². The van der Waals surface area contributed by atoms with E-state index in [0.29, 0.717) is 5.69 Å². The van der Waals surface area contributed by atoms with Crippen LogP contribution in [0, 0.1) is 0 Å². The molecular weight excluding hydrogens is 401 g/mol. The number of aliphatic hydroxyl groups excluding tert-OH is 1. The van der Waals surface area contributed by atoms with Crippen LogP contribution >= 0.6 is 8.46 Å². The number of nitrogens with one attached hydrogen (secondary N) is 3. The Balaban J connectivity index is 1.64. The maximum absolute atomic E-state index is 12.1. The summed E-state index contributed by atoms with van der Waals surface area (Å²) < 4.78 is 17.5. The van der Waals surface area contributed by atoms with Crippen molar-refractivity contribution >= 4 is 20.4 Å². The van der Waals surface area contributed by atoms with E-state index in [1.165, 1.54) is 23.2 Å². The van der Waals surface area contributed by atoms with E-state index in [2.05, 4.69) is 20.3 Å². The fourth-order valence-corrected chi connectivity index (χ4v) is 3.41. The monoisotopic (exact) mass is 421 g/mol. The van der Waals surface area contributed by atoms with E-state index in [0.717, 1.165) is 0 Å². The number of nitrogens with zero attached hydrogens (tertiary/aromatic N) is 2. The maximum atomic E-state index is 12.1. The molecule has 1 aliphatic rings. The molecule has 1 saturated heterocycles. The first-order chi connectivity index (χ1) is 14.0. The third-order valence-corrected chi connectivity index (χ3v) is 4.89. The number of ether oxygens (including phenoxy) is 1. The molecule has 3 atom stereocenters. The first-order valence-electron chi connectivity index (χ1n) is 8.86. The Bertz CT molecular complexity index is 998. The lowest BCUT2D eigenvalue weighted by Crippen LogP contribution is -2.33. The second-order valence-electron chi connectivity index (χ2n) is 6.45. The Labute approximate surface area is 166 Å². The third kappa shape index (κ3) is 5.35. The molecule has 0 saturated carbocycles. The van der Waals surface area contributed by atoms with Crippen LogP contribution in [0.25, 0.3) is 6.08 Å². The molecule has 12 heteroatoms. The molecule has 0 aliphatic carbocycles. The van der Waals surface area contributed by atoms with Gasteiger partial charge >= 0.3 is 5.69 Å². The zero-order valence-electron chi connectivity index (χ0n) is 15.3. The van der Waals surface area contributed by atoms with Gasteiger partial charge in [-0.1, -0.05) is 12.2 Å². The molecule has 2 aromatic heterocycles. The summed E-state index contributed by atoms with van der Waals surface area (Å²) in [5, 5.41) is 12.6. The molecule has 1 amide bonds. The van der Waals surface area contributed by atoms with Gasteiger partial charge in [-0.05, 0) is 0 Å². The van der Waals surface area contributed by atoms with Crippen molar-refractivity contribution in [1.82, 2.24) is 24.8 Å². The molecule has 154 valence electrons. The van der Waals surface area contributed by atoms with Crippen molar-refractivity contribution in [2.45, 2.75) is 31.3 Å². The van der Waals surface area contributed by atoms with Gasteiger partial charge in [0.25, 0.3) is 5.56 Å². The zero-order chi connectivity index (χ0) is 20.8. The van der Waals surface area contributed by atoms with Gasteiger partial charge < -0.3 is 20.1 Å². The Hall–Kier alpha value is -2.88. The van der Waals surface area contributed by atoms with Crippen molar-refractivity contribution in [3.8, 4) is 0 Å². The lowest BCUT2D eigenvalue weighted by atomic mass is 10.2. The van der Waals surface area contributed by atoms with E-state index in [-0.39, 0.29) is 45.5 Å². The van der Waals surface area contributed by atoms with E-state index in [4.69, 9.17) is 4.74 Å². The Morgan fingerprint density at radius 2 is 2.31 bits per heavy atom. The molecule has 4 N–H and O–H groups in total. The lowest BCUT2D eigenvalue weighted by molar-refractivity contribution is -0.120. The van der Waals surface area contributed by atoms with Crippen molar-refractivity contribution in [3.05, 3.63) is 56.9 Å². The summed E-state index contributed by atoms with van der Waals surface area (Å²) in [5.41, 5.74) is -0.378. The van der Waals surface area contributed by atoms with Gasteiger partial charge in [-0.15, -0.1) is 0 Å². The molecule has 2 aromatic rings. The highest BCUT2D eigenvalue weighted by atomic mass is 31.1. The molecular formula is C17H20N5O6P. The fraction of sp³-hybridized carbons (Fsp3) is 0.412. The number of hydrogen-bond donors (Lipinski definition) is 4. The fourth-order valence-electron chi connectivity index (χ4n) is 2.93. The van der Waals surface area contributed by atoms with Gasteiger partial charge in [0.1, 0.15) is 6.23 Å². The van der Waals surface area contributed by atoms with Crippen LogP contribution in [0.5, 0.6) is 0 Å². The largest absolute Gasteiger partial charge is 0.390 e. The first-order valence-corrected chi connectivity index (χ1v) is 9.86. The van der Waals surface area contributed by atoms with Crippen LogP contribution in [-0.2, 0) is 20.5 Å². The summed E-state index contributed by atoms with van der Waals surface area (Å²) in [6, 6.07) is 0. The second-order valence-corrected chi connectivity index (χ2v) is 7.08. The number of carbonyl (C=O) groups is 1. The number of amides is 1. The van der Waals surface area contributed by atoms with Crippen molar-refractivity contribution in [1.29, 1.82) is 0 Å². The van der Waals surface area contributed by atoms with Crippen molar-refractivity contribution in [2.75, 3.05) is 12.7 Å². The number of aromatic amines is 2. The van der Waals surface area contributed by atoms with Crippen LogP contribution in [0.4, 0.5) is 0 Å². The molecule has 29 heavy (non-hydrogen) atoms. The lowest BCUT2D eigenvalue weighted by Gasteiger charge is -2.14. The number of carbonyl (C=O) groups excluding carboxylic acids is 1. The Kier molecular flexibility index (Phi) is 6.86. The highest BCUT2D eigenvalue weighted by molar-refractivity contribution is 7.23. The van der Waals surface area contributed by atoms with Crippen molar-refractivity contribution in [2.24, 2.45) is 0 Å². The highest BCUT2D eigenvalue weighted by Crippen LogP contribution is 2.29. The topological polar surface area (TPSA) is 159 Å². The van der Waals surface area contributed by atoms with Gasteiger partial charge in [0.05, 0.1) is 36.7 Å². The summed E-state index contributed by atoms with van der Waals surface area (Å²) in [6.07, 6.45) is 5.55. The smallest absolute Gasteiger partial charge is 0.330 e. The minimum absolute atomic E-state index is 0.112. The van der Waals surface area contributed by atoms with E-state index >= 15 is 0 Å². The third-order valence-electron chi connectivity index (χ3n) is 4.38. The molecule has 11 nitrogen and oxygen atoms in total. The first kappa shape index (κ1) is 20.8. The van der Waals surface area contributed by atoms with Gasteiger partial charge in [0, 0.05) is 31.1 Å². The zero-order valence-corrected chi connectivity index (χ0v) is 16.2. The predicted molar refractivity (Wildman–Crippen MR) is 103 cm³/mol. The summed E-state index contributed by atoms with van der Waals surface area (Å²) in [4.78, 5) is 44.8. The average Bonchev–Trinajstić information content (AvgIpc) is 3.30. The van der Waals surface area contributed by atoms with Crippen molar-refractivity contribution in [3.63, 3.8) is 0 Å². The van der Waals surface area contributed by atoms with Crippen molar-refractivity contribution < 1.29 is 19.2 Å². The molecule has 3 heterocycles. The van der Waals surface area contributed by atoms with Gasteiger partial charge in [-0.25, -0.2) is 9.78 Å². The molecule has 0 aromatic carbocycles. The van der Waals surface area contributed by atoms with Gasteiger partial charge in [-0.3, -0.25) is 23.7 Å². The minimum atomic E-state index is -0.857. The van der Waals surface area contributed by atoms with Crippen LogP contribution in [-0.4, -0.2) is 55.4 Å². The number of H-pyrrole nitrogens is 2. The number of aromatic nitrogens is 4.